The number of carbonyl (C=O) groups excluding carboxylic acids is 1. The van der Waals surface area contributed by atoms with Crippen molar-refractivity contribution in [3.63, 3.8) is 0 Å². The van der Waals surface area contributed by atoms with Crippen LogP contribution < -0.4 is 10.6 Å². The maximum atomic E-state index is 12.2. The van der Waals surface area contributed by atoms with Crippen molar-refractivity contribution in [2.75, 3.05) is 13.2 Å². The number of morpholine rings is 1. The Bertz CT molecular complexity index is 291. The molecule has 4 nitrogen and oxygen atoms in total. The van der Waals surface area contributed by atoms with Crippen molar-refractivity contribution in [3.05, 3.63) is 0 Å². The van der Waals surface area contributed by atoms with Gasteiger partial charge in [-0.25, -0.2) is 0 Å². The van der Waals surface area contributed by atoms with Gasteiger partial charge >= 0.3 is 0 Å². The maximum absolute atomic E-state index is 12.2. The van der Waals surface area contributed by atoms with Crippen LogP contribution in [-0.4, -0.2) is 37.2 Å². The molecule has 0 spiro atoms. The molecule has 0 aromatic heterocycles. The molecule has 0 aromatic carbocycles. The molecule has 1 aliphatic heterocycles. The van der Waals surface area contributed by atoms with Crippen LogP contribution in [0.15, 0.2) is 0 Å². The van der Waals surface area contributed by atoms with Gasteiger partial charge in [-0.1, -0.05) is 13.8 Å². The monoisotopic (exact) mass is 290 g/mol. The van der Waals surface area contributed by atoms with Crippen LogP contribution in [-0.2, 0) is 9.53 Å². The van der Waals surface area contributed by atoms with Crippen LogP contribution in [0.4, 0.5) is 0 Å². The summed E-state index contributed by atoms with van der Waals surface area (Å²) >= 11 is 0. The summed E-state index contributed by atoms with van der Waals surface area (Å²) in [5.74, 6) is 1.53. The molecule has 2 N–H and O–H groups in total. The number of hydrogen-bond acceptors (Lipinski definition) is 3. The summed E-state index contributed by atoms with van der Waals surface area (Å²) in [6.45, 7) is 7.98. The smallest absolute Gasteiger partial charge is 0.240 e. The minimum Gasteiger partial charge on any atom is -0.375 e. The van der Waals surface area contributed by atoms with Gasteiger partial charge in [0.25, 0.3) is 0 Å². The summed E-state index contributed by atoms with van der Waals surface area (Å²) < 4.78 is 5.52. The van der Waals surface area contributed by atoms with Gasteiger partial charge in [-0.15, -0.1) is 12.4 Å². The Morgan fingerprint density at radius 1 is 1.16 bits per heavy atom. The van der Waals surface area contributed by atoms with Crippen molar-refractivity contribution in [2.24, 2.45) is 11.8 Å². The van der Waals surface area contributed by atoms with Gasteiger partial charge in [-0.05, 0) is 38.0 Å². The normalized spacial score (nSPS) is 39.2. The second kappa shape index (κ2) is 7.46. The summed E-state index contributed by atoms with van der Waals surface area (Å²) in [5, 5.41) is 6.44. The van der Waals surface area contributed by atoms with Gasteiger partial charge in [0.05, 0.1) is 12.7 Å². The molecule has 1 aliphatic carbocycles. The van der Waals surface area contributed by atoms with Gasteiger partial charge in [-0.2, -0.15) is 0 Å². The molecule has 0 radical (unpaired) electrons. The van der Waals surface area contributed by atoms with Crippen molar-refractivity contribution in [1.29, 1.82) is 0 Å². The van der Waals surface area contributed by atoms with Gasteiger partial charge in [0.15, 0.2) is 0 Å². The minimum atomic E-state index is -0.189. The first-order valence-electron chi connectivity index (χ1n) is 7.21. The number of ether oxygens (including phenoxy) is 1. The average molecular weight is 291 g/mol. The standard InChI is InChI=1S/C14H26N2O2.ClH/c1-9-6-10(2)8-12(7-9)16-14(17)13-11(3)18-5-4-15-13;/h9-13,15H,4-8H2,1-3H3,(H,16,17);1H/t9?,10?,11-,12?,13+;/m1./s1. The van der Waals surface area contributed by atoms with Crippen LogP contribution in [0.5, 0.6) is 0 Å². The highest BCUT2D eigenvalue weighted by molar-refractivity contribution is 5.85. The molecule has 2 fully saturated rings. The third kappa shape index (κ3) is 4.62. The van der Waals surface area contributed by atoms with Gasteiger partial charge in [0, 0.05) is 12.6 Å². The van der Waals surface area contributed by atoms with E-state index in [-0.39, 0.29) is 30.5 Å². The molecular formula is C14H27ClN2O2. The number of rotatable bonds is 2. The lowest BCUT2D eigenvalue weighted by Gasteiger charge is -2.35. The van der Waals surface area contributed by atoms with Crippen LogP contribution in [0.1, 0.15) is 40.0 Å². The Hall–Kier alpha value is -0.320. The molecule has 2 aliphatic rings. The third-order valence-electron chi connectivity index (χ3n) is 4.12. The van der Waals surface area contributed by atoms with E-state index >= 15 is 0 Å². The summed E-state index contributed by atoms with van der Waals surface area (Å²) in [4.78, 5) is 12.2. The molecule has 5 heteroatoms. The van der Waals surface area contributed by atoms with Crippen molar-refractivity contribution in [2.45, 2.75) is 58.2 Å². The highest BCUT2D eigenvalue weighted by atomic mass is 35.5. The van der Waals surface area contributed by atoms with Crippen molar-refractivity contribution in [3.8, 4) is 0 Å². The fourth-order valence-electron chi connectivity index (χ4n) is 3.38. The van der Waals surface area contributed by atoms with Crippen LogP contribution in [0, 0.1) is 11.8 Å². The summed E-state index contributed by atoms with van der Waals surface area (Å²) in [6.07, 6.45) is 3.47. The zero-order valence-corrected chi connectivity index (χ0v) is 13.0. The van der Waals surface area contributed by atoms with E-state index in [2.05, 4.69) is 24.5 Å². The number of hydrogen-bond donors (Lipinski definition) is 2. The largest absolute Gasteiger partial charge is 0.375 e. The first-order valence-corrected chi connectivity index (χ1v) is 7.21. The van der Waals surface area contributed by atoms with E-state index in [0.29, 0.717) is 24.5 Å². The molecule has 1 saturated heterocycles. The highest BCUT2D eigenvalue weighted by Gasteiger charge is 2.31. The van der Waals surface area contributed by atoms with Crippen molar-refractivity contribution >= 4 is 18.3 Å². The van der Waals surface area contributed by atoms with E-state index in [1.165, 1.54) is 6.42 Å². The molecule has 4 atom stereocenters. The van der Waals surface area contributed by atoms with Crippen molar-refractivity contribution in [1.82, 2.24) is 10.6 Å². The highest BCUT2D eigenvalue weighted by Crippen LogP contribution is 2.28. The number of halogens is 1. The summed E-state index contributed by atoms with van der Waals surface area (Å²) in [5.41, 5.74) is 0. The van der Waals surface area contributed by atoms with E-state index in [9.17, 15) is 4.79 Å². The first-order chi connectivity index (χ1) is 8.56. The topological polar surface area (TPSA) is 50.4 Å². The van der Waals surface area contributed by atoms with E-state index < -0.39 is 0 Å². The number of nitrogens with one attached hydrogen (secondary N) is 2. The Balaban J connectivity index is 0.00000180. The van der Waals surface area contributed by atoms with Gasteiger partial charge in [0.1, 0.15) is 6.04 Å². The third-order valence-corrected chi connectivity index (χ3v) is 4.12. The predicted molar refractivity (Wildman–Crippen MR) is 78.6 cm³/mol. The molecule has 1 amide bonds. The van der Waals surface area contributed by atoms with Gasteiger partial charge < -0.3 is 15.4 Å². The molecule has 1 heterocycles. The number of carbonyl (C=O) groups is 1. The molecular weight excluding hydrogens is 264 g/mol. The maximum Gasteiger partial charge on any atom is 0.240 e. The average Bonchev–Trinajstić information content (AvgIpc) is 2.27. The van der Waals surface area contributed by atoms with E-state index in [1.807, 2.05) is 6.92 Å². The fourth-order valence-corrected chi connectivity index (χ4v) is 3.38. The molecule has 19 heavy (non-hydrogen) atoms. The van der Waals surface area contributed by atoms with Gasteiger partial charge in [0.2, 0.25) is 5.91 Å². The fraction of sp³-hybridized carbons (Fsp3) is 0.929. The number of amides is 1. The molecule has 1 saturated carbocycles. The Kier molecular flexibility index (Phi) is 6.57. The first kappa shape index (κ1) is 16.7. The zero-order chi connectivity index (χ0) is 13.1. The lowest BCUT2D eigenvalue weighted by atomic mass is 9.80. The SMILES string of the molecule is CC1CC(C)CC(NC(=O)[C@H]2NCCO[C@@H]2C)C1.Cl. The van der Waals surface area contributed by atoms with Crippen LogP contribution in [0.25, 0.3) is 0 Å². The second-order valence-electron chi connectivity index (χ2n) is 6.13. The Morgan fingerprint density at radius 2 is 1.79 bits per heavy atom. The quantitative estimate of drug-likeness (QED) is 0.814. The molecule has 2 unspecified atom stereocenters. The lowest BCUT2D eigenvalue weighted by Crippen LogP contribution is -2.57. The van der Waals surface area contributed by atoms with E-state index in [1.54, 1.807) is 0 Å². The summed E-state index contributed by atoms with van der Waals surface area (Å²) in [6, 6.07) is 0.151. The van der Waals surface area contributed by atoms with E-state index in [4.69, 9.17) is 4.74 Å². The Labute approximate surface area is 122 Å². The van der Waals surface area contributed by atoms with E-state index in [0.717, 1.165) is 19.4 Å². The summed E-state index contributed by atoms with van der Waals surface area (Å²) in [7, 11) is 0. The van der Waals surface area contributed by atoms with Gasteiger partial charge in [-0.3, -0.25) is 4.79 Å². The second-order valence-corrected chi connectivity index (χ2v) is 6.13. The Morgan fingerprint density at radius 3 is 2.37 bits per heavy atom. The van der Waals surface area contributed by atoms with Crippen LogP contribution >= 0.6 is 12.4 Å². The lowest BCUT2D eigenvalue weighted by molar-refractivity contribution is -0.130. The molecule has 0 aromatic rings. The molecule has 112 valence electrons. The zero-order valence-electron chi connectivity index (χ0n) is 12.1. The molecule has 0 bridgehead atoms. The van der Waals surface area contributed by atoms with Crippen LogP contribution in [0.3, 0.4) is 0 Å². The minimum absolute atomic E-state index is 0. The van der Waals surface area contributed by atoms with Crippen molar-refractivity contribution < 1.29 is 9.53 Å². The molecule has 2 rings (SSSR count). The van der Waals surface area contributed by atoms with Crippen LogP contribution in [0.2, 0.25) is 0 Å². The predicted octanol–water partition coefficient (Wildman–Crippen LogP) is 1.73.